The van der Waals surface area contributed by atoms with Gasteiger partial charge in [-0.2, -0.15) is 0 Å². The molecule has 0 aromatic carbocycles. The van der Waals surface area contributed by atoms with Gasteiger partial charge in [-0.05, 0) is 38.8 Å². The summed E-state index contributed by atoms with van der Waals surface area (Å²) in [5.41, 5.74) is 0. The molecule has 1 rings (SSSR count). The van der Waals surface area contributed by atoms with E-state index in [0.717, 1.165) is 25.9 Å². The zero-order valence-electron chi connectivity index (χ0n) is 7.62. The summed E-state index contributed by atoms with van der Waals surface area (Å²) in [5, 5.41) is 8.87. The Hall–Kier alpha value is -0.410. The van der Waals surface area contributed by atoms with Crippen molar-refractivity contribution in [1.29, 1.82) is 0 Å². The molecule has 1 aliphatic heterocycles. The van der Waals surface area contributed by atoms with Gasteiger partial charge >= 0.3 is 0 Å². The maximum atomic E-state index is 10.8. The van der Waals surface area contributed by atoms with Crippen molar-refractivity contribution in [3.8, 4) is 0 Å². The number of carbonyl (C=O) groups is 1. The minimum absolute atomic E-state index is 0.234. The number of likely N-dealkylation sites (tertiary alicyclic amines) is 1. The molecule has 1 N–H and O–H groups in total. The van der Waals surface area contributed by atoms with E-state index in [0.29, 0.717) is 19.1 Å². The summed E-state index contributed by atoms with van der Waals surface area (Å²) in [6.45, 7) is 4.43. The Balaban J connectivity index is 2.21. The van der Waals surface area contributed by atoms with E-state index in [1.807, 2.05) is 0 Å². The molecule has 0 saturated carbocycles. The molecule has 12 heavy (non-hydrogen) atoms. The van der Waals surface area contributed by atoms with Crippen LogP contribution in [0.2, 0.25) is 0 Å². The molecule has 1 aliphatic rings. The Morgan fingerprint density at radius 2 is 2.08 bits per heavy atom. The molecule has 0 atom stereocenters. The van der Waals surface area contributed by atoms with Crippen LogP contribution in [0.25, 0.3) is 0 Å². The van der Waals surface area contributed by atoms with Crippen LogP contribution in [0.5, 0.6) is 0 Å². The van der Waals surface area contributed by atoms with Gasteiger partial charge in [0, 0.05) is 6.61 Å². The number of nitrogens with zero attached hydrogens (tertiary/aromatic N) is 1. The molecule has 0 aromatic heterocycles. The summed E-state index contributed by atoms with van der Waals surface area (Å²) in [6, 6.07) is 0. The molecule has 0 aromatic rings. The SMILES string of the molecule is CC(=O)CN1CCC(CO)CC1. The third kappa shape index (κ3) is 2.91. The largest absolute Gasteiger partial charge is 0.396 e. The van der Waals surface area contributed by atoms with Crippen LogP contribution in [0.15, 0.2) is 0 Å². The van der Waals surface area contributed by atoms with Crippen LogP contribution >= 0.6 is 0 Å². The first kappa shape index (κ1) is 9.68. The molecule has 0 bridgehead atoms. The van der Waals surface area contributed by atoms with Gasteiger partial charge in [0.25, 0.3) is 0 Å². The fourth-order valence-corrected chi connectivity index (χ4v) is 1.64. The van der Waals surface area contributed by atoms with E-state index in [1.165, 1.54) is 0 Å². The molecule has 3 heteroatoms. The van der Waals surface area contributed by atoms with E-state index in [1.54, 1.807) is 6.92 Å². The van der Waals surface area contributed by atoms with Crippen LogP contribution in [0, 0.1) is 5.92 Å². The van der Waals surface area contributed by atoms with Crippen molar-refractivity contribution in [2.75, 3.05) is 26.2 Å². The first-order valence-corrected chi connectivity index (χ1v) is 4.55. The number of Topliss-reactive ketones (excluding diaryl/α,β-unsaturated/α-hetero) is 1. The topological polar surface area (TPSA) is 40.5 Å². The highest BCUT2D eigenvalue weighted by Gasteiger charge is 2.18. The van der Waals surface area contributed by atoms with Crippen molar-refractivity contribution in [3.63, 3.8) is 0 Å². The lowest BCUT2D eigenvalue weighted by molar-refractivity contribution is -0.118. The third-order valence-electron chi connectivity index (χ3n) is 2.41. The van der Waals surface area contributed by atoms with Gasteiger partial charge in [-0.1, -0.05) is 0 Å². The molecule has 0 aliphatic carbocycles. The number of rotatable bonds is 3. The van der Waals surface area contributed by atoms with E-state index in [2.05, 4.69) is 4.90 Å². The lowest BCUT2D eigenvalue weighted by Crippen LogP contribution is -2.37. The van der Waals surface area contributed by atoms with E-state index >= 15 is 0 Å². The summed E-state index contributed by atoms with van der Waals surface area (Å²) in [5.74, 6) is 0.700. The molecule has 0 radical (unpaired) electrons. The first-order chi connectivity index (χ1) is 5.72. The lowest BCUT2D eigenvalue weighted by Gasteiger charge is -2.29. The quantitative estimate of drug-likeness (QED) is 0.663. The van der Waals surface area contributed by atoms with Crippen LogP contribution in [-0.4, -0.2) is 42.0 Å². The Bertz CT molecular complexity index is 151. The maximum absolute atomic E-state index is 10.8. The number of hydrogen-bond donors (Lipinski definition) is 1. The second kappa shape index (κ2) is 4.58. The predicted molar refractivity (Wildman–Crippen MR) is 46.9 cm³/mol. The molecular formula is C9H17NO2. The molecule has 1 saturated heterocycles. The van der Waals surface area contributed by atoms with E-state index in [-0.39, 0.29) is 5.78 Å². The van der Waals surface area contributed by atoms with Gasteiger partial charge in [0.05, 0.1) is 6.54 Å². The molecule has 3 nitrogen and oxygen atoms in total. The first-order valence-electron chi connectivity index (χ1n) is 4.55. The summed E-state index contributed by atoms with van der Waals surface area (Å²) >= 11 is 0. The van der Waals surface area contributed by atoms with Crippen LogP contribution < -0.4 is 0 Å². The third-order valence-corrected chi connectivity index (χ3v) is 2.41. The predicted octanol–water partition coefficient (Wildman–Crippen LogP) is 0.280. The van der Waals surface area contributed by atoms with Crippen molar-refractivity contribution in [3.05, 3.63) is 0 Å². The lowest BCUT2D eigenvalue weighted by atomic mass is 9.98. The number of carbonyl (C=O) groups excluding carboxylic acids is 1. The van der Waals surface area contributed by atoms with Crippen molar-refractivity contribution in [2.24, 2.45) is 5.92 Å². The monoisotopic (exact) mass is 171 g/mol. The van der Waals surface area contributed by atoms with Gasteiger partial charge in [0.15, 0.2) is 0 Å². The standard InChI is InChI=1S/C9H17NO2/c1-8(12)6-10-4-2-9(7-11)3-5-10/h9,11H,2-7H2,1H3. The van der Waals surface area contributed by atoms with Gasteiger partial charge in [0.1, 0.15) is 5.78 Å². The van der Waals surface area contributed by atoms with Crippen LogP contribution in [-0.2, 0) is 4.79 Å². The Labute approximate surface area is 73.4 Å². The van der Waals surface area contributed by atoms with Crippen LogP contribution in [0.1, 0.15) is 19.8 Å². The molecule has 70 valence electrons. The second-order valence-electron chi connectivity index (χ2n) is 3.60. The molecule has 1 heterocycles. The van der Waals surface area contributed by atoms with Gasteiger partial charge in [0.2, 0.25) is 0 Å². The smallest absolute Gasteiger partial charge is 0.143 e. The molecule has 0 amide bonds. The molecule has 0 spiro atoms. The molecule has 0 unspecified atom stereocenters. The zero-order chi connectivity index (χ0) is 8.97. The number of piperidine rings is 1. The van der Waals surface area contributed by atoms with Gasteiger partial charge in [-0.25, -0.2) is 0 Å². The zero-order valence-corrected chi connectivity index (χ0v) is 7.62. The summed E-state index contributed by atoms with van der Waals surface area (Å²) < 4.78 is 0. The maximum Gasteiger partial charge on any atom is 0.143 e. The van der Waals surface area contributed by atoms with Gasteiger partial charge in [-0.3, -0.25) is 9.69 Å². The van der Waals surface area contributed by atoms with Gasteiger partial charge in [-0.15, -0.1) is 0 Å². The highest BCUT2D eigenvalue weighted by atomic mass is 16.3. The average molecular weight is 171 g/mol. The minimum Gasteiger partial charge on any atom is -0.396 e. The Kier molecular flexibility index (Phi) is 3.69. The average Bonchev–Trinajstić information content (AvgIpc) is 2.05. The molecular weight excluding hydrogens is 154 g/mol. The summed E-state index contributed by atoms with van der Waals surface area (Å²) in [4.78, 5) is 12.9. The van der Waals surface area contributed by atoms with Crippen molar-refractivity contribution in [2.45, 2.75) is 19.8 Å². The number of aliphatic hydroxyl groups excluding tert-OH is 1. The van der Waals surface area contributed by atoms with E-state index < -0.39 is 0 Å². The number of aliphatic hydroxyl groups is 1. The number of hydrogen-bond acceptors (Lipinski definition) is 3. The van der Waals surface area contributed by atoms with E-state index in [9.17, 15) is 4.79 Å². The highest BCUT2D eigenvalue weighted by molar-refractivity contribution is 5.77. The van der Waals surface area contributed by atoms with Gasteiger partial charge < -0.3 is 5.11 Å². The Morgan fingerprint density at radius 1 is 1.50 bits per heavy atom. The highest BCUT2D eigenvalue weighted by Crippen LogP contribution is 2.15. The van der Waals surface area contributed by atoms with Crippen molar-refractivity contribution < 1.29 is 9.90 Å². The summed E-state index contributed by atoms with van der Waals surface area (Å²) in [6.07, 6.45) is 2.06. The summed E-state index contributed by atoms with van der Waals surface area (Å²) in [7, 11) is 0. The fraction of sp³-hybridized carbons (Fsp3) is 0.889. The molecule has 1 fully saturated rings. The van der Waals surface area contributed by atoms with E-state index in [4.69, 9.17) is 5.11 Å². The van der Waals surface area contributed by atoms with Crippen molar-refractivity contribution >= 4 is 5.78 Å². The Morgan fingerprint density at radius 3 is 2.50 bits per heavy atom. The van der Waals surface area contributed by atoms with Crippen LogP contribution in [0.3, 0.4) is 0 Å². The normalized spacial score (nSPS) is 21.2. The second-order valence-corrected chi connectivity index (χ2v) is 3.60. The fourth-order valence-electron chi connectivity index (χ4n) is 1.64. The minimum atomic E-state index is 0.234. The number of ketones is 1. The van der Waals surface area contributed by atoms with Crippen molar-refractivity contribution in [1.82, 2.24) is 4.90 Å². The van der Waals surface area contributed by atoms with Crippen LogP contribution in [0.4, 0.5) is 0 Å².